The van der Waals surface area contributed by atoms with Crippen molar-refractivity contribution in [3.63, 3.8) is 0 Å². The van der Waals surface area contributed by atoms with Crippen molar-refractivity contribution in [2.45, 2.75) is 70.2 Å². The maximum atomic E-state index is 2.79. The summed E-state index contributed by atoms with van der Waals surface area (Å²) in [5.74, 6) is 0. The van der Waals surface area contributed by atoms with Gasteiger partial charge in [0.25, 0.3) is 0 Å². The Morgan fingerprint density at radius 3 is 1.96 bits per heavy atom. The van der Waals surface area contributed by atoms with Gasteiger partial charge < -0.3 is 4.90 Å². The Hall–Kier alpha value is -0.510. The van der Waals surface area contributed by atoms with Gasteiger partial charge in [0.2, 0.25) is 0 Å². The minimum Gasteiger partial charge on any atom is -0.300 e. The molecule has 128 valence electrons. The zero-order valence-corrected chi connectivity index (χ0v) is 15.9. The largest absolute Gasteiger partial charge is 0.300 e. The number of likely N-dealkylation sites (tertiary alicyclic amines) is 1. The molecule has 0 aliphatic carbocycles. The predicted molar refractivity (Wildman–Crippen MR) is 101 cm³/mol. The summed E-state index contributed by atoms with van der Waals surface area (Å²) in [6.07, 6.45) is 8.40. The summed E-state index contributed by atoms with van der Waals surface area (Å²) in [7, 11) is 0. The number of piperidine rings is 1. The van der Waals surface area contributed by atoms with Gasteiger partial charge in [0, 0.05) is 24.0 Å². The maximum absolute atomic E-state index is 2.79. The van der Waals surface area contributed by atoms with Crippen molar-refractivity contribution < 1.29 is 0 Å². The highest BCUT2D eigenvalue weighted by molar-refractivity contribution is 7.97. The average Bonchev–Trinajstić information content (AvgIpc) is 2.81. The molecule has 1 aromatic carbocycles. The topological polar surface area (TPSA) is 6.48 Å². The Labute approximate surface area is 146 Å². The number of benzene rings is 1. The fourth-order valence-electron chi connectivity index (χ4n) is 4.20. The third-order valence-electron chi connectivity index (χ3n) is 5.41. The molecule has 3 rings (SSSR count). The normalized spacial score (nSPS) is 22.2. The van der Waals surface area contributed by atoms with E-state index >= 15 is 0 Å². The van der Waals surface area contributed by atoms with Gasteiger partial charge in [0.1, 0.15) is 0 Å². The zero-order valence-electron chi connectivity index (χ0n) is 15.1. The molecule has 3 heteroatoms. The number of aryl methyl sites for hydroxylation is 3. The summed E-state index contributed by atoms with van der Waals surface area (Å²) in [6.45, 7) is 11.9. The SMILES string of the molecule is Cc1cc(C)c(SN2CCC(N3CCCCCC3)CC2)c(C)c1. The van der Waals surface area contributed by atoms with Gasteiger partial charge in [0.15, 0.2) is 0 Å². The van der Waals surface area contributed by atoms with Gasteiger partial charge in [-0.2, -0.15) is 0 Å². The first-order valence-corrected chi connectivity index (χ1v) is 10.2. The van der Waals surface area contributed by atoms with Crippen LogP contribution in [-0.2, 0) is 0 Å². The Kier molecular flexibility index (Phi) is 6.06. The Bertz CT molecular complexity index is 489. The monoisotopic (exact) mass is 332 g/mol. The molecule has 2 fully saturated rings. The third-order valence-corrected chi connectivity index (χ3v) is 6.86. The van der Waals surface area contributed by atoms with Crippen LogP contribution in [0.25, 0.3) is 0 Å². The summed E-state index contributed by atoms with van der Waals surface area (Å²) < 4.78 is 2.60. The van der Waals surface area contributed by atoms with Crippen LogP contribution in [0.15, 0.2) is 17.0 Å². The van der Waals surface area contributed by atoms with E-state index in [1.807, 2.05) is 11.9 Å². The summed E-state index contributed by atoms with van der Waals surface area (Å²) in [5.41, 5.74) is 4.24. The molecule has 0 aromatic heterocycles. The van der Waals surface area contributed by atoms with Crippen LogP contribution in [0.3, 0.4) is 0 Å². The lowest BCUT2D eigenvalue weighted by molar-refractivity contribution is 0.147. The molecule has 2 saturated heterocycles. The first-order valence-electron chi connectivity index (χ1n) is 9.38. The van der Waals surface area contributed by atoms with E-state index in [0.29, 0.717) is 0 Å². The Morgan fingerprint density at radius 1 is 0.826 bits per heavy atom. The average molecular weight is 333 g/mol. The van der Waals surface area contributed by atoms with Crippen molar-refractivity contribution in [1.82, 2.24) is 9.21 Å². The zero-order chi connectivity index (χ0) is 16.2. The van der Waals surface area contributed by atoms with Crippen molar-refractivity contribution in [2.75, 3.05) is 26.2 Å². The molecule has 2 heterocycles. The van der Waals surface area contributed by atoms with E-state index in [1.54, 1.807) is 0 Å². The molecule has 23 heavy (non-hydrogen) atoms. The van der Waals surface area contributed by atoms with Crippen molar-refractivity contribution in [3.8, 4) is 0 Å². The second kappa shape index (κ2) is 8.04. The molecule has 0 saturated carbocycles. The maximum Gasteiger partial charge on any atom is 0.0288 e. The highest BCUT2D eigenvalue weighted by atomic mass is 32.2. The van der Waals surface area contributed by atoms with Crippen molar-refractivity contribution in [1.29, 1.82) is 0 Å². The van der Waals surface area contributed by atoms with Crippen LogP contribution in [0.4, 0.5) is 0 Å². The van der Waals surface area contributed by atoms with E-state index in [-0.39, 0.29) is 0 Å². The highest BCUT2D eigenvalue weighted by Crippen LogP contribution is 2.33. The minimum atomic E-state index is 0.838. The van der Waals surface area contributed by atoms with Gasteiger partial charge in [-0.3, -0.25) is 0 Å². The van der Waals surface area contributed by atoms with Crippen LogP contribution >= 0.6 is 11.9 Å². The van der Waals surface area contributed by atoms with Gasteiger partial charge >= 0.3 is 0 Å². The van der Waals surface area contributed by atoms with Gasteiger partial charge in [0.05, 0.1) is 0 Å². The summed E-state index contributed by atoms with van der Waals surface area (Å²) in [5, 5.41) is 0. The van der Waals surface area contributed by atoms with Crippen LogP contribution < -0.4 is 0 Å². The number of hydrogen-bond donors (Lipinski definition) is 0. The van der Waals surface area contributed by atoms with Crippen LogP contribution in [0.2, 0.25) is 0 Å². The number of nitrogens with zero attached hydrogens (tertiary/aromatic N) is 2. The number of rotatable bonds is 3. The highest BCUT2D eigenvalue weighted by Gasteiger charge is 2.25. The standard InChI is InChI=1S/C20H32N2S/c1-16-14-17(2)20(18(3)15-16)23-22-12-8-19(9-13-22)21-10-6-4-5-7-11-21/h14-15,19H,4-13H2,1-3H3. The fourth-order valence-corrected chi connectivity index (χ4v) is 5.26. The lowest BCUT2D eigenvalue weighted by atomic mass is 10.0. The molecule has 1 aromatic rings. The molecule has 0 amide bonds. The van der Waals surface area contributed by atoms with Crippen LogP contribution in [-0.4, -0.2) is 41.4 Å². The lowest BCUT2D eigenvalue weighted by Gasteiger charge is -2.37. The smallest absolute Gasteiger partial charge is 0.0288 e. The van der Waals surface area contributed by atoms with E-state index in [9.17, 15) is 0 Å². The third kappa shape index (κ3) is 4.52. The molecule has 2 aliphatic rings. The van der Waals surface area contributed by atoms with Crippen LogP contribution in [0, 0.1) is 20.8 Å². The molecular formula is C20H32N2S. The van der Waals surface area contributed by atoms with Crippen molar-refractivity contribution in [2.24, 2.45) is 0 Å². The van der Waals surface area contributed by atoms with E-state index in [4.69, 9.17) is 0 Å². The molecule has 0 atom stereocenters. The second-order valence-corrected chi connectivity index (χ2v) is 8.54. The lowest BCUT2D eigenvalue weighted by Crippen LogP contribution is -2.43. The van der Waals surface area contributed by atoms with Gasteiger partial charge in [-0.15, -0.1) is 0 Å². The van der Waals surface area contributed by atoms with Gasteiger partial charge in [-0.25, -0.2) is 4.31 Å². The summed E-state index contributed by atoms with van der Waals surface area (Å²) in [4.78, 5) is 4.26. The quantitative estimate of drug-likeness (QED) is 0.722. The molecule has 0 unspecified atom stereocenters. The van der Waals surface area contributed by atoms with Crippen LogP contribution in [0.1, 0.15) is 55.2 Å². The van der Waals surface area contributed by atoms with Crippen LogP contribution in [0.5, 0.6) is 0 Å². The molecule has 0 bridgehead atoms. The first kappa shape index (κ1) is 17.3. The van der Waals surface area contributed by atoms with Gasteiger partial charge in [-0.1, -0.05) is 30.5 Å². The molecule has 2 aliphatic heterocycles. The number of hydrogen-bond acceptors (Lipinski definition) is 3. The summed E-state index contributed by atoms with van der Waals surface area (Å²) in [6, 6.07) is 5.48. The first-order chi connectivity index (χ1) is 11.1. The van der Waals surface area contributed by atoms with Gasteiger partial charge in [-0.05, 0) is 82.6 Å². The van der Waals surface area contributed by atoms with E-state index in [2.05, 4.69) is 42.1 Å². The Morgan fingerprint density at radius 2 is 1.39 bits per heavy atom. The van der Waals surface area contributed by atoms with E-state index in [0.717, 1.165) is 6.04 Å². The second-order valence-electron chi connectivity index (χ2n) is 7.43. The predicted octanol–water partition coefficient (Wildman–Crippen LogP) is 4.96. The summed E-state index contributed by atoms with van der Waals surface area (Å²) >= 11 is 1.99. The molecule has 0 radical (unpaired) electrons. The van der Waals surface area contributed by atoms with Crippen molar-refractivity contribution >= 4 is 11.9 Å². The molecule has 0 spiro atoms. The van der Waals surface area contributed by atoms with E-state index in [1.165, 1.54) is 86.3 Å². The molecule has 0 N–H and O–H groups in total. The van der Waals surface area contributed by atoms with Crippen molar-refractivity contribution in [3.05, 3.63) is 28.8 Å². The Balaban J connectivity index is 1.55. The minimum absolute atomic E-state index is 0.838. The molecule has 2 nitrogen and oxygen atoms in total. The fraction of sp³-hybridized carbons (Fsp3) is 0.700. The van der Waals surface area contributed by atoms with E-state index < -0.39 is 0 Å². The molecular weight excluding hydrogens is 300 g/mol.